The Labute approximate surface area is 151 Å². The Kier molecular flexibility index (Phi) is 5.16. The number of rotatable bonds is 5. The molecule has 2 aromatic rings. The average molecular weight is 354 g/mol. The fourth-order valence-electron chi connectivity index (χ4n) is 3.01. The zero-order chi connectivity index (χ0) is 18.7. The van der Waals surface area contributed by atoms with Gasteiger partial charge in [0.05, 0.1) is 12.5 Å². The van der Waals surface area contributed by atoms with E-state index in [1.54, 1.807) is 11.0 Å². The Morgan fingerprint density at radius 3 is 2.77 bits per heavy atom. The molecule has 136 valence electrons. The van der Waals surface area contributed by atoms with Crippen LogP contribution in [0.2, 0.25) is 0 Å². The number of anilines is 1. The summed E-state index contributed by atoms with van der Waals surface area (Å²) < 4.78 is 1.29. The van der Waals surface area contributed by atoms with Crippen molar-refractivity contribution in [1.82, 2.24) is 15.1 Å². The third-order valence-corrected chi connectivity index (χ3v) is 4.71. The molecule has 0 aliphatic carbocycles. The predicted molar refractivity (Wildman–Crippen MR) is 97.9 cm³/mol. The Morgan fingerprint density at radius 1 is 1.23 bits per heavy atom. The van der Waals surface area contributed by atoms with Gasteiger partial charge in [0.1, 0.15) is 0 Å². The van der Waals surface area contributed by atoms with Crippen LogP contribution in [0.5, 0.6) is 0 Å². The average Bonchev–Trinajstić information content (AvgIpc) is 3.01. The molecule has 0 saturated carbocycles. The SMILES string of the molecule is Cc1ccc(N2CC(C(=O)NCCn3ncccc3=O)CC2=O)cc1C. The minimum Gasteiger partial charge on any atom is -0.354 e. The van der Waals surface area contributed by atoms with E-state index in [2.05, 4.69) is 10.4 Å². The number of hydrogen-bond donors (Lipinski definition) is 1. The van der Waals surface area contributed by atoms with E-state index in [9.17, 15) is 14.4 Å². The van der Waals surface area contributed by atoms with Crippen molar-refractivity contribution in [3.05, 3.63) is 58.0 Å². The van der Waals surface area contributed by atoms with Crippen molar-refractivity contribution in [2.24, 2.45) is 5.92 Å². The highest BCUT2D eigenvalue weighted by molar-refractivity contribution is 6.00. The van der Waals surface area contributed by atoms with Gasteiger partial charge < -0.3 is 10.2 Å². The molecule has 1 fully saturated rings. The summed E-state index contributed by atoms with van der Waals surface area (Å²) in [4.78, 5) is 37.9. The third kappa shape index (κ3) is 3.82. The van der Waals surface area contributed by atoms with E-state index in [0.717, 1.165) is 11.3 Å². The van der Waals surface area contributed by atoms with Crippen molar-refractivity contribution >= 4 is 17.5 Å². The summed E-state index contributed by atoms with van der Waals surface area (Å²) in [5, 5.41) is 6.74. The molecule has 0 spiro atoms. The maximum absolute atomic E-state index is 12.4. The fraction of sp³-hybridized carbons (Fsp3) is 0.368. The molecule has 1 atom stereocenters. The van der Waals surface area contributed by atoms with Gasteiger partial charge in [-0.15, -0.1) is 0 Å². The zero-order valence-corrected chi connectivity index (χ0v) is 14.9. The molecule has 2 heterocycles. The Morgan fingerprint density at radius 2 is 2.04 bits per heavy atom. The lowest BCUT2D eigenvalue weighted by Gasteiger charge is -2.18. The zero-order valence-electron chi connectivity index (χ0n) is 14.9. The highest BCUT2D eigenvalue weighted by Gasteiger charge is 2.35. The van der Waals surface area contributed by atoms with Gasteiger partial charge in [0, 0.05) is 37.5 Å². The lowest BCUT2D eigenvalue weighted by atomic mass is 10.1. The van der Waals surface area contributed by atoms with Gasteiger partial charge in [0.15, 0.2) is 0 Å². The van der Waals surface area contributed by atoms with Crippen LogP contribution in [-0.2, 0) is 16.1 Å². The van der Waals surface area contributed by atoms with Crippen molar-refractivity contribution in [1.29, 1.82) is 0 Å². The highest BCUT2D eigenvalue weighted by Crippen LogP contribution is 2.26. The number of hydrogen-bond acceptors (Lipinski definition) is 4. The van der Waals surface area contributed by atoms with Crippen molar-refractivity contribution in [2.75, 3.05) is 18.0 Å². The maximum atomic E-state index is 12.4. The van der Waals surface area contributed by atoms with E-state index in [0.29, 0.717) is 19.6 Å². The van der Waals surface area contributed by atoms with Crippen LogP contribution in [0.1, 0.15) is 17.5 Å². The van der Waals surface area contributed by atoms with E-state index in [4.69, 9.17) is 0 Å². The second kappa shape index (κ2) is 7.51. The molecule has 1 aliphatic heterocycles. The standard InChI is InChI=1S/C19H22N4O3/c1-13-5-6-16(10-14(13)2)22-12-15(11-18(22)25)19(26)20-8-9-23-17(24)4-3-7-21-23/h3-7,10,15H,8-9,11-12H2,1-2H3,(H,20,26). The van der Waals surface area contributed by atoms with Crippen molar-refractivity contribution in [3.8, 4) is 0 Å². The molecule has 7 nitrogen and oxygen atoms in total. The summed E-state index contributed by atoms with van der Waals surface area (Å²) in [5.41, 5.74) is 2.90. The second-order valence-electron chi connectivity index (χ2n) is 6.55. The first-order chi connectivity index (χ1) is 12.5. The van der Waals surface area contributed by atoms with Crippen LogP contribution < -0.4 is 15.8 Å². The number of amides is 2. The van der Waals surface area contributed by atoms with E-state index in [1.807, 2.05) is 32.0 Å². The van der Waals surface area contributed by atoms with Crippen LogP contribution >= 0.6 is 0 Å². The number of aryl methyl sites for hydroxylation is 2. The first kappa shape index (κ1) is 17.8. The van der Waals surface area contributed by atoms with Gasteiger partial charge >= 0.3 is 0 Å². The molecule has 3 rings (SSSR count). The molecular formula is C19H22N4O3. The Hall–Kier alpha value is -2.96. The molecule has 7 heteroatoms. The number of nitrogens with zero attached hydrogens (tertiary/aromatic N) is 3. The van der Waals surface area contributed by atoms with E-state index >= 15 is 0 Å². The van der Waals surface area contributed by atoms with Gasteiger partial charge in [-0.3, -0.25) is 14.4 Å². The normalized spacial score (nSPS) is 16.8. The molecule has 1 aliphatic rings. The molecule has 26 heavy (non-hydrogen) atoms. The molecule has 2 amide bonds. The van der Waals surface area contributed by atoms with Gasteiger partial charge in [0.2, 0.25) is 11.8 Å². The molecule has 0 radical (unpaired) electrons. The minimum absolute atomic E-state index is 0.0469. The fourth-order valence-corrected chi connectivity index (χ4v) is 3.01. The van der Waals surface area contributed by atoms with E-state index in [1.165, 1.54) is 22.5 Å². The molecule has 1 aromatic carbocycles. The van der Waals surface area contributed by atoms with Gasteiger partial charge in [-0.1, -0.05) is 6.07 Å². The predicted octanol–water partition coefficient (Wildman–Crippen LogP) is 1.03. The highest BCUT2D eigenvalue weighted by atomic mass is 16.2. The van der Waals surface area contributed by atoms with Crippen LogP contribution in [0.4, 0.5) is 5.69 Å². The Bertz CT molecular complexity index is 890. The number of benzene rings is 1. The van der Waals surface area contributed by atoms with Crippen molar-refractivity contribution < 1.29 is 9.59 Å². The van der Waals surface area contributed by atoms with E-state index in [-0.39, 0.29) is 29.7 Å². The Balaban J connectivity index is 1.57. The first-order valence-corrected chi connectivity index (χ1v) is 8.63. The van der Waals surface area contributed by atoms with Gasteiger partial charge in [-0.05, 0) is 43.2 Å². The van der Waals surface area contributed by atoms with Crippen LogP contribution in [0.3, 0.4) is 0 Å². The van der Waals surface area contributed by atoms with Crippen LogP contribution in [-0.4, -0.2) is 34.7 Å². The summed E-state index contributed by atoms with van der Waals surface area (Å²) in [5.74, 6) is -0.604. The summed E-state index contributed by atoms with van der Waals surface area (Å²) >= 11 is 0. The largest absolute Gasteiger partial charge is 0.354 e. The quantitative estimate of drug-likeness (QED) is 0.869. The topological polar surface area (TPSA) is 84.3 Å². The summed E-state index contributed by atoms with van der Waals surface area (Å²) in [6, 6.07) is 8.86. The van der Waals surface area contributed by atoms with Gasteiger partial charge in [-0.2, -0.15) is 5.10 Å². The number of aromatic nitrogens is 2. The lowest BCUT2D eigenvalue weighted by Crippen LogP contribution is -2.36. The summed E-state index contributed by atoms with van der Waals surface area (Å²) in [6.07, 6.45) is 1.72. The molecular weight excluding hydrogens is 332 g/mol. The van der Waals surface area contributed by atoms with Crippen LogP contribution in [0, 0.1) is 19.8 Å². The number of carbonyl (C=O) groups excluding carboxylic acids is 2. The van der Waals surface area contributed by atoms with E-state index < -0.39 is 0 Å². The summed E-state index contributed by atoms with van der Waals surface area (Å²) in [6.45, 7) is 4.99. The summed E-state index contributed by atoms with van der Waals surface area (Å²) in [7, 11) is 0. The van der Waals surface area contributed by atoms with Crippen LogP contribution in [0.25, 0.3) is 0 Å². The van der Waals surface area contributed by atoms with Gasteiger partial charge in [-0.25, -0.2) is 4.68 Å². The molecule has 1 N–H and O–H groups in total. The minimum atomic E-state index is -0.385. The monoisotopic (exact) mass is 354 g/mol. The molecule has 0 bridgehead atoms. The van der Waals surface area contributed by atoms with Crippen molar-refractivity contribution in [2.45, 2.75) is 26.8 Å². The number of carbonyl (C=O) groups is 2. The lowest BCUT2D eigenvalue weighted by molar-refractivity contribution is -0.126. The molecule has 1 saturated heterocycles. The molecule has 1 aromatic heterocycles. The second-order valence-corrected chi connectivity index (χ2v) is 6.55. The number of nitrogens with one attached hydrogen (secondary N) is 1. The molecule has 1 unspecified atom stereocenters. The smallest absolute Gasteiger partial charge is 0.266 e. The van der Waals surface area contributed by atoms with Crippen molar-refractivity contribution in [3.63, 3.8) is 0 Å². The van der Waals surface area contributed by atoms with Crippen LogP contribution in [0.15, 0.2) is 41.3 Å². The third-order valence-electron chi connectivity index (χ3n) is 4.71. The maximum Gasteiger partial charge on any atom is 0.266 e. The first-order valence-electron chi connectivity index (χ1n) is 8.63. The van der Waals surface area contributed by atoms with Gasteiger partial charge in [0.25, 0.3) is 5.56 Å².